The third-order valence-corrected chi connectivity index (χ3v) is 4.85. The van der Waals surface area contributed by atoms with Crippen molar-refractivity contribution in [2.24, 2.45) is 0 Å². The van der Waals surface area contributed by atoms with Gasteiger partial charge in [0.2, 0.25) is 0 Å². The zero-order chi connectivity index (χ0) is 19.2. The van der Waals surface area contributed by atoms with Crippen molar-refractivity contribution in [2.45, 2.75) is 32.2 Å². The predicted molar refractivity (Wildman–Crippen MR) is 107 cm³/mol. The Morgan fingerprint density at radius 3 is 2.67 bits per heavy atom. The fourth-order valence-corrected chi connectivity index (χ4v) is 3.29. The van der Waals surface area contributed by atoms with Gasteiger partial charge in [-0.15, -0.1) is 0 Å². The van der Waals surface area contributed by atoms with E-state index in [2.05, 4.69) is 29.4 Å². The van der Waals surface area contributed by atoms with E-state index in [1.54, 1.807) is 25.4 Å². The molecule has 3 rings (SSSR count). The quantitative estimate of drug-likeness (QED) is 0.797. The summed E-state index contributed by atoms with van der Waals surface area (Å²) in [5, 5.41) is 2.61. The molecule has 0 aliphatic carbocycles. The maximum Gasteiger partial charge on any atom is 0.254 e. The number of benzene rings is 1. The number of rotatable bonds is 6. The lowest BCUT2D eigenvalue weighted by molar-refractivity contribution is 0.0743. The lowest BCUT2D eigenvalue weighted by Gasteiger charge is -2.24. The predicted octanol–water partition coefficient (Wildman–Crippen LogP) is 3.68. The molecule has 1 aromatic heterocycles. The highest BCUT2D eigenvalue weighted by atomic mass is 16.2. The van der Waals surface area contributed by atoms with Crippen molar-refractivity contribution >= 4 is 11.8 Å². The van der Waals surface area contributed by atoms with E-state index in [9.17, 15) is 9.59 Å². The number of carbonyl (C=O) groups excluding carboxylic acids is 2. The van der Waals surface area contributed by atoms with Crippen molar-refractivity contribution in [3.05, 3.63) is 65.9 Å². The van der Waals surface area contributed by atoms with Crippen LogP contribution in [0.25, 0.3) is 11.3 Å². The lowest BCUT2D eigenvalue weighted by atomic mass is 10.0. The molecular weight excluding hydrogens is 338 g/mol. The monoisotopic (exact) mass is 363 g/mol. The molecule has 5 nitrogen and oxygen atoms in total. The van der Waals surface area contributed by atoms with Crippen LogP contribution < -0.4 is 5.32 Å². The molecule has 0 saturated carbocycles. The summed E-state index contributed by atoms with van der Waals surface area (Å²) in [6, 6.07) is 11.1. The molecule has 0 radical (unpaired) electrons. The number of nitrogens with one attached hydrogen (secondary N) is 1. The molecule has 27 heavy (non-hydrogen) atoms. The second-order valence-corrected chi connectivity index (χ2v) is 6.68. The van der Waals surface area contributed by atoms with Crippen LogP contribution in [0.1, 0.15) is 46.9 Å². The standard InChI is InChI=1S/C22H25N3O2/c1-3-4-6-19-7-5-14-25(19)22(27)17-10-8-16(9-11-17)20-15-18(12-13-24-20)21(26)23-2/h5,7-13,15,19H,3-4,6,14H2,1-2H3,(H,23,26)/t19-/m1/s1. The first kappa shape index (κ1) is 18.8. The minimum Gasteiger partial charge on any atom is -0.355 e. The van der Waals surface area contributed by atoms with Crippen molar-refractivity contribution in [1.29, 1.82) is 0 Å². The summed E-state index contributed by atoms with van der Waals surface area (Å²) < 4.78 is 0. The number of hydrogen-bond acceptors (Lipinski definition) is 3. The SMILES string of the molecule is CCCC[C@@H]1C=CCN1C(=O)c1ccc(-c2cc(C(=O)NC)ccn2)cc1. The van der Waals surface area contributed by atoms with Crippen molar-refractivity contribution in [3.8, 4) is 11.3 Å². The summed E-state index contributed by atoms with van der Waals surface area (Å²) in [5.41, 5.74) is 2.81. The van der Waals surface area contributed by atoms with Gasteiger partial charge in [-0.3, -0.25) is 14.6 Å². The number of aromatic nitrogens is 1. The molecule has 1 atom stereocenters. The third-order valence-electron chi connectivity index (χ3n) is 4.85. The topological polar surface area (TPSA) is 62.3 Å². The smallest absolute Gasteiger partial charge is 0.254 e. The molecule has 0 fully saturated rings. The second kappa shape index (κ2) is 8.62. The number of amides is 2. The molecule has 0 saturated heterocycles. The summed E-state index contributed by atoms with van der Waals surface area (Å²) in [4.78, 5) is 30.9. The maximum atomic E-state index is 12.9. The van der Waals surface area contributed by atoms with E-state index in [0.29, 0.717) is 23.4 Å². The van der Waals surface area contributed by atoms with Gasteiger partial charge in [-0.1, -0.05) is 44.1 Å². The summed E-state index contributed by atoms with van der Waals surface area (Å²) in [5.74, 6) is -0.0928. The first-order chi connectivity index (χ1) is 13.1. The van der Waals surface area contributed by atoms with Crippen molar-refractivity contribution < 1.29 is 9.59 Å². The molecule has 2 heterocycles. The van der Waals surface area contributed by atoms with Gasteiger partial charge in [0.05, 0.1) is 11.7 Å². The minimum absolute atomic E-state index is 0.0553. The number of nitrogens with zero attached hydrogens (tertiary/aromatic N) is 2. The Labute approximate surface area is 160 Å². The Hall–Kier alpha value is -2.95. The highest BCUT2D eigenvalue weighted by Gasteiger charge is 2.25. The minimum atomic E-state index is -0.148. The zero-order valence-corrected chi connectivity index (χ0v) is 15.8. The van der Waals surface area contributed by atoms with Gasteiger partial charge in [0.1, 0.15) is 0 Å². The molecule has 5 heteroatoms. The zero-order valence-electron chi connectivity index (χ0n) is 15.8. The molecule has 1 aliphatic heterocycles. The van der Waals surface area contributed by atoms with E-state index < -0.39 is 0 Å². The Morgan fingerprint density at radius 2 is 1.96 bits per heavy atom. The van der Waals surface area contributed by atoms with E-state index in [1.165, 1.54) is 0 Å². The Kier molecular flexibility index (Phi) is 6.01. The van der Waals surface area contributed by atoms with Crippen LogP contribution in [-0.2, 0) is 0 Å². The van der Waals surface area contributed by atoms with Crippen LogP contribution in [0.3, 0.4) is 0 Å². The molecule has 0 unspecified atom stereocenters. The molecule has 2 aromatic rings. The van der Waals surface area contributed by atoms with E-state index in [0.717, 1.165) is 24.8 Å². The summed E-state index contributed by atoms with van der Waals surface area (Å²) in [6.45, 7) is 2.83. The Balaban J connectivity index is 1.75. The molecule has 0 bridgehead atoms. The number of carbonyl (C=O) groups is 2. The van der Waals surface area contributed by atoms with E-state index in [1.807, 2.05) is 29.2 Å². The van der Waals surface area contributed by atoms with E-state index in [4.69, 9.17) is 0 Å². The Bertz CT molecular complexity index is 843. The molecule has 140 valence electrons. The summed E-state index contributed by atoms with van der Waals surface area (Å²) in [6.07, 6.45) is 9.07. The van der Waals surface area contributed by atoms with Gasteiger partial charge in [-0.25, -0.2) is 0 Å². The molecule has 1 aliphatic rings. The fourth-order valence-electron chi connectivity index (χ4n) is 3.29. The van der Waals surface area contributed by atoms with Crippen LogP contribution in [0.5, 0.6) is 0 Å². The Morgan fingerprint density at radius 1 is 1.19 bits per heavy atom. The van der Waals surface area contributed by atoms with Gasteiger partial charge in [0.15, 0.2) is 0 Å². The molecule has 1 aromatic carbocycles. The van der Waals surface area contributed by atoms with Crippen LogP contribution in [0.15, 0.2) is 54.7 Å². The van der Waals surface area contributed by atoms with Crippen molar-refractivity contribution in [3.63, 3.8) is 0 Å². The van der Waals surface area contributed by atoms with Crippen LogP contribution in [0.4, 0.5) is 0 Å². The largest absolute Gasteiger partial charge is 0.355 e. The van der Waals surface area contributed by atoms with Gasteiger partial charge in [0, 0.05) is 36.5 Å². The highest BCUT2D eigenvalue weighted by molar-refractivity contribution is 5.96. The molecule has 0 spiro atoms. The molecule has 1 N–H and O–H groups in total. The van der Waals surface area contributed by atoms with Crippen molar-refractivity contribution in [2.75, 3.05) is 13.6 Å². The summed E-state index contributed by atoms with van der Waals surface area (Å²) in [7, 11) is 1.60. The van der Waals surface area contributed by atoms with E-state index >= 15 is 0 Å². The van der Waals surface area contributed by atoms with Gasteiger partial charge in [0.25, 0.3) is 11.8 Å². The first-order valence-electron chi connectivity index (χ1n) is 9.40. The van der Waals surface area contributed by atoms with Gasteiger partial charge < -0.3 is 10.2 Å². The molecule has 2 amide bonds. The lowest BCUT2D eigenvalue weighted by Crippen LogP contribution is -2.36. The average Bonchev–Trinajstić information content (AvgIpc) is 3.19. The van der Waals surface area contributed by atoms with Crippen LogP contribution in [0, 0.1) is 0 Å². The van der Waals surface area contributed by atoms with Gasteiger partial charge in [-0.2, -0.15) is 0 Å². The fraction of sp³-hybridized carbons (Fsp3) is 0.318. The third kappa shape index (κ3) is 4.25. The van der Waals surface area contributed by atoms with Gasteiger partial charge >= 0.3 is 0 Å². The number of unbranched alkanes of at least 4 members (excludes halogenated alkanes) is 1. The highest BCUT2D eigenvalue weighted by Crippen LogP contribution is 2.22. The van der Waals surface area contributed by atoms with E-state index in [-0.39, 0.29) is 17.9 Å². The second-order valence-electron chi connectivity index (χ2n) is 6.68. The maximum absolute atomic E-state index is 12.9. The van der Waals surface area contributed by atoms with Crippen LogP contribution >= 0.6 is 0 Å². The van der Waals surface area contributed by atoms with Crippen LogP contribution in [-0.4, -0.2) is 41.3 Å². The van der Waals surface area contributed by atoms with Gasteiger partial charge in [-0.05, 0) is 30.7 Å². The van der Waals surface area contributed by atoms with Crippen molar-refractivity contribution in [1.82, 2.24) is 15.2 Å². The van der Waals surface area contributed by atoms with Crippen LogP contribution in [0.2, 0.25) is 0 Å². The first-order valence-corrected chi connectivity index (χ1v) is 9.40. The average molecular weight is 363 g/mol. The summed E-state index contributed by atoms with van der Waals surface area (Å²) >= 11 is 0. The molecular formula is C22H25N3O2. The number of pyridine rings is 1. The normalized spacial score (nSPS) is 15.8. The number of hydrogen-bond donors (Lipinski definition) is 1.